The molecule has 1 rings (SSSR count). The van der Waals surface area contributed by atoms with Crippen molar-refractivity contribution >= 4 is 5.69 Å². The number of hydrogen-bond donors (Lipinski definition) is 1. The Kier molecular flexibility index (Phi) is 5.47. The monoisotopic (exact) mass is 277 g/mol. The van der Waals surface area contributed by atoms with Gasteiger partial charge in [0.15, 0.2) is 5.75 Å². The highest BCUT2D eigenvalue weighted by molar-refractivity contribution is 5.53. The topological polar surface area (TPSA) is 88.2 Å². The molecule has 0 amide bonds. The van der Waals surface area contributed by atoms with Crippen LogP contribution >= 0.6 is 0 Å². The summed E-state index contributed by atoms with van der Waals surface area (Å²) < 4.78 is 5.51. The summed E-state index contributed by atoms with van der Waals surface area (Å²) in [6, 6.07) is 5.00. The molecule has 1 aromatic rings. The first kappa shape index (κ1) is 15.9. The Morgan fingerprint density at radius 2 is 2.10 bits per heavy atom. The van der Waals surface area contributed by atoms with Crippen LogP contribution in [0.1, 0.15) is 25.0 Å². The van der Waals surface area contributed by atoms with Gasteiger partial charge in [-0.3, -0.25) is 15.4 Å². The van der Waals surface area contributed by atoms with E-state index in [1.165, 1.54) is 6.07 Å². The van der Waals surface area contributed by atoms with E-state index in [1.807, 2.05) is 19.9 Å². The van der Waals surface area contributed by atoms with Gasteiger partial charge in [0.25, 0.3) is 0 Å². The molecule has 0 aliphatic carbocycles. The maximum atomic E-state index is 11.1. The van der Waals surface area contributed by atoms with Gasteiger partial charge in [-0.1, -0.05) is 6.07 Å². The van der Waals surface area contributed by atoms with Crippen LogP contribution in [0, 0.1) is 35.3 Å². The molecular formula is C14H19N3O3. The second-order valence-electron chi connectivity index (χ2n) is 5.00. The first-order chi connectivity index (χ1) is 9.35. The Morgan fingerprint density at radius 3 is 2.60 bits per heavy atom. The van der Waals surface area contributed by atoms with Crippen molar-refractivity contribution < 1.29 is 9.66 Å². The van der Waals surface area contributed by atoms with Crippen molar-refractivity contribution in [3.63, 3.8) is 0 Å². The molecule has 1 N–H and O–H groups in total. The molecule has 0 saturated heterocycles. The van der Waals surface area contributed by atoms with E-state index < -0.39 is 11.0 Å². The van der Waals surface area contributed by atoms with Crippen LogP contribution < -0.4 is 10.1 Å². The number of benzene rings is 1. The molecule has 0 spiro atoms. The van der Waals surface area contributed by atoms with Crippen LogP contribution in [0.25, 0.3) is 0 Å². The third-order valence-corrected chi connectivity index (χ3v) is 2.68. The minimum atomic E-state index is -0.504. The van der Waals surface area contributed by atoms with E-state index in [9.17, 15) is 10.1 Å². The highest BCUT2D eigenvalue weighted by atomic mass is 16.6. The van der Waals surface area contributed by atoms with Crippen molar-refractivity contribution in [1.29, 1.82) is 5.26 Å². The van der Waals surface area contributed by atoms with Gasteiger partial charge >= 0.3 is 5.69 Å². The molecule has 0 aliphatic rings. The molecule has 0 saturated carbocycles. The Labute approximate surface area is 118 Å². The second kappa shape index (κ2) is 6.87. The van der Waals surface area contributed by atoms with Crippen LogP contribution in [0.5, 0.6) is 5.75 Å². The first-order valence-corrected chi connectivity index (χ1v) is 6.39. The van der Waals surface area contributed by atoms with Gasteiger partial charge in [-0.25, -0.2) is 0 Å². The zero-order chi connectivity index (χ0) is 15.3. The number of nitro groups is 1. The fourth-order valence-electron chi connectivity index (χ4n) is 1.95. The largest absolute Gasteiger partial charge is 0.484 e. The molecule has 0 aliphatic heterocycles. The highest BCUT2D eigenvalue weighted by Crippen LogP contribution is 2.32. The van der Waals surface area contributed by atoms with Crippen molar-refractivity contribution in [2.75, 3.05) is 6.61 Å². The number of nitrogens with zero attached hydrogens (tertiary/aromatic N) is 2. The third-order valence-electron chi connectivity index (χ3n) is 2.68. The quantitative estimate of drug-likeness (QED) is 0.637. The van der Waals surface area contributed by atoms with E-state index in [0.717, 1.165) is 5.56 Å². The van der Waals surface area contributed by atoms with Gasteiger partial charge in [0.05, 0.1) is 11.0 Å². The molecule has 0 radical (unpaired) electrons. The van der Waals surface area contributed by atoms with Crippen molar-refractivity contribution in [2.24, 2.45) is 0 Å². The highest BCUT2D eigenvalue weighted by Gasteiger charge is 2.20. The number of ether oxygens (including phenoxy) is 1. The SMILES string of the molecule is Cc1cc(C)c(OCC(C#N)NC(C)C)c([N+](=O)[O-])c1. The van der Waals surface area contributed by atoms with Gasteiger partial charge in [-0.2, -0.15) is 5.26 Å². The van der Waals surface area contributed by atoms with Gasteiger partial charge < -0.3 is 4.74 Å². The number of nitriles is 1. The first-order valence-electron chi connectivity index (χ1n) is 6.39. The fraction of sp³-hybridized carbons (Fsp3) is 0.500. The van der Waals surface area contributed by atoms with Gasteiger partial charge in [0, 0.05) is 12.1 Å². The maximum Gasteiger partial charge on any atom is 0.311 e. The van der Waals surface area contributed by atoms with Crippen LogP contribution in [0.15, 0.2) is 12.1 Å². The van der Waals surface area contributed by atoms with E-state index >= 15 is 0 Å². The summed E-state index contributed by atoms with van der Waals surface area (Å²) in [5.41, 5.74) is 1.43. The van der Waals surface area contributed by atoms with E-state index in [-0.39, 0.29) is 24.1 Å². The minimum absolute atomic E-state index is 0.0660. The molecule has 0 aromatic heterocycles. The summed E-state index contributed by atoms with van der Waals surface area (Å²) in [6.07, 6.45) is 0. The lowest BCUT2D eigenvalue weighted by atomic mass is 10.1. The van der Waals surface area contributed by atoms with Crippen LogP contribution in [0.2, 0.25) is 0 Å². The van der Waals surface area contributed by atoms with Crippen molar-refractivity contribution in [3.05, 3.63) is 33.4 Å². The van der Waals surface area contributed by atoms with E-state index in [4.69, 9.17) is 10.00 Å². The Hall–Kier alpha value is -2.13. The summed E-state index contributed by atoms with van der Waals surface area (Å²) in [5.74, 6) is 0.228. The van der Waals surface area contributed by atoms with Gasteiger partial charge in [0.1, 0.15) is 12.6 Å². The fourth-order valence-corrected chi connectivity index (χ4v) is 1.95. The Balaban J connectivity index is 2.92. The molecule has 0 heterocycles. The van der Waals surface area contributed by atoms with Crippen LogP contribution in [0.4, 0.5) is 5.69 Å². The molecule has 1 atom stereocenters. The van der Waals surface area contributed by atoms with Gasteiger partial charge in [0.2, 0.25) is 0 Å². The molecule has 108 valence electrons. The third kappa shape index (κ3) is 4.21. The molecule has 6 heteroatoms. The lowest BCUT2D eigenvalue weighted by Gasteiger charge is -2.16. The maximum absolute atomic E-state index is 11.1. The molecule has 1 aromatic carbocycles. The molecule has 0 fully saturated rings. The van der Waals surface area contributed by atoms with Gasteiger partial charge in [-0.05, 0) is 38.8 Å². The summed E-state index contributed by atoms with van der Waals surface area (Å²) in [5, 5.41) is 23.1. The zero-order valence-electron chi connectivity index (χ0n) is 12.1. The number of nitrogens with one attached hydrogen (secondary N) is 1. The smallest absolute Gasteiger partial charge is 0.311 e. The average Bonchev–Trinajstić information content (AvgIpc) is 2.34. The Morgan fingerprint density at radius 1 is 1.45 bits per heavy atom. The van der Waals surface area contributed by atoms with Crippen LogP contribution in [0.3, 0.4) is 0 Å². The lowest BCUT2D eigenvalue weighted by Crippen LogP contribution is -2.38. The molecule has 0 bridgehead atoms. The summed E-state index contributed by atoms with van der Waals surface area (Å²) in [4.78, 5) is 10.6. The van der Waals surface area contributed by atoms with Crippen LogP contribution in [-0.2, 0) is 0 Å². The van der Waals surface area contributed by atoms with E-state index in [1.54, 1.807) is 13.8 Å². The summed E-state index contributed by atoms with van der Waals surface area (Å²) in [7, 11) is 0. The summed E-state index contributed by atoms with van der Waals surface area (Å²) in [6.45, 7) is 7.46. The average molecular weight is 277 g/mol. The van der Waals surface area contributed by atoms with Crippen molar-refractivity contribution in [3.8, 4) is 11.8 Å². The zero-order valence-corrected chi connectivity index (χ0v) is 12.1. The Bertz CT molecular complexity index is 535. The van der Waals surface area contributed by atoms with E-state index in [2.05, 4.69) is 11.4 Å². The molecule has 20 heavy (non-hydrogen) atoms. The second-order valence-corrected chi connectivity index (χ2v) is 5.00. The molecule has 6 nitrogen and oxygen atoms in total. The number of hydrogen-bond acceptors (Lipinski definition) is 5. The molecular weight excluding hydrogens is 258 g/mol. The van der Waals surface area contributed by atoms with Crippen LogP contribution in [-0.4, -0.2) is 23.6 Å². The van der Waals surface area contributed by atoms with Crippen molar-refractivity contribution in [2.45, 2.75) is 39.8 Å². The number of nitro benzene ring substituents is 1. The lowest BCUT2D eigenvalue weighted by molar-refractivity contribution is -0.386. The minimum Gasteiger partial charge on any atom is -0.484 e. The van der Waals surface area contributed by atoms with Gasteiger partial charge in [-0.15, -0.1) is 0 Å². The number of rotatable bonds is 6. The number of aryl methyl sites for hydroxylation is 2. The normalized spacial score (nSPS) is 12.0. The van der Waals surface area contributed by atoms with E-state index in [0.29, 0.717) is 5.56 Å². The molecule has 1 unspecified atom stereocenters. The predicted octanol–water partition coefficient (Wildman–Crippen LogP) is 2.48. The summed E-state index contributed by atoms with van der Waals surface area (Å²) >= 11 is 0. The van der Waals surface area contributed by atoms with Crippen molar-refractivity contribution in [1.82, 2.24) is 5.32 Å². The standard InChI is InChI=1S/C14H19N3O3/c1-9(2)16-12(7-15)8-20-14-11(4)5-10(3)6-13(14)17(18)19/h5-6,9,12,16H,8H2,1-4H3. The predicted molar refractivity (Wildman–Crippen MR) is 75.7 cm³/mol.